The first kappa shape index (κ1) is 15.2. The first-order valence-corrected chi connectivity index (χ1v) is 7.08. The van der Waals surface area contributed by atoms with Gasteiger partial charge in [-0.05, 0) is 32.4 Å². The minimum absolute atomic E-state index is 0.301. The van der Waals surface area contributed by atoms with Gasteiger partial charge in [0, 0.05) is 0 Å². The monoisotopic (exact) mass is 249 g/mol. The van der Waals surface area contributed by atoms with Crippen LogP contribution in [0.5, 0.6) is 0 Å². The minimum Gasteiger partial charge on any atom is -0.377 e. The maximum Gasteiger partial charge on any atom is 0.0665 e. The molecule has 0 aliphatic rings. The second kappa shape index (κ2) is 8.28. The maximum atomic E-state index is 5.92. The van der Waals surface area contributed by atoms with Crippen molar-refractivity contribution in [1.29, 1.82) is 0 Å². The topological polar surface area (TPSA) is 21.3 Å². The van der Waals surface area contributed by atoms with E-state index in [4.69, 9.17) is 4.74 Å². The number of ether oxygens (including phenoxy) is 1. The van der Waals surface area contributed by atoms with Gasteiger partial charge in [-0.2, -0.15) is 0 Å². The Balaban J connectivity index is 2.56. The fraction of sp³-hybridized carbons (Fsp3) is 0.625. The van der Waals surface area contributed by atoms with Crippen LogP contribution in [0, 0.1) is 6.92 Å². The summed E-state index contributed by atoms with van der Waals surface area (Å²) in [4.78, 5) is 0. The van der Waals surface area contributed by atoms with E-state index in [0.717, 1.165) is 19.6 Å². The lowest BCUT2D eigenvalue weighted by Crippen LogP contribution is -2.27. The lowest BCUT2D eigenvalue weighted by molar-refractivity contribution is 0.0442. The van der Waals surface area contributed by atoms with E-state index in [0.29, 0.717) is 12.1 Å². The average molecular weight is 249 g/mol. The van der Waals surface area contributed by atoms with Crippen molar-refractivity contribution in [2.45, 2.75) is 52.7 Å². The van der Waals surface area contributed by atoms with Crippen LogP contribution < -0.4 is 5.32 Å². The van der Waals surface area contributed by atoms with E-state index < -0.39 is 0 Å². The molecule has 0 aliphatic heterocycles. The number of aryl methyl sites for hydroxylation is 1. The van der Waals surface area contributed by atoms with Crippen molar-refractivity contribution < 1.29 is 4.74 Å². The lowest BCUT2D eigenvalue weighted by atomic mass is 10.1. The molecule has 2 nitrogen and oxygen atoms in total. The van der Waals surface area contributed by atoms with Gasteiger partial charge in [-0.1, -0.05) is 50.1 Å². The molecule has 1 aromatic carbocycles. The highest BCUT2D eigenvalue weighted by Crippen LogP contribution is 2.15. The van der Waals surface area contributed by atoms with E-state index in [9.17, 15) is 0 Å². The van der Waals surface area contributed by atoms with Gasteiger partial charge in [0.05, 0.1) is 18.8 Å². The predicted octanol–water partition coefficient (Wildman–Crippen LogP) is 3.85. The molecule has 1 rings (SSSR count). The van der Waals surface area contributed by atoms with Gasteiger partial charge >= 0.3 is 0 Å². The van der Waals surface area contributed by atoms with Crippen molar-refractivity contribution in [2.75, 3.05) is 13.2 Å². The van der Waals surface area contributed by atoms with E-state index in [2.05, 4.69) is 57.3 Å². The summed E-state index contributed by atoms with van der Waals surface area (Å²) >= 11 is 0. The van der Waals surface area contributed by atoms with Crippen molar-refractivity contribution in [3.63, 3.8) is 0 Å². The molecule has 0 heterocycles. The molecule has 0 bridgehead atoms. The Labute approximate surface area is 112 Å². The zero-order valence-electron chi connectivity index (χ0n) is 12.2. The summed E-state index contributed by atoms with van der Waals surface area (Å²) in [6, 6.07) is 9.01. The van der Waals surface area contributed by atoms with Crippen LogP contribution in [0.25, 0.3) is 0 Å². The van der Waals surface area contributed by atoms with Crippen LogP contribution in [0.2, 0.25) is 0 Å². The van der Waals surface area contributed by atoms with Gasteiger partial charge in [0.2, 0.25) is 0 Å². The molecular weight excluding hydrogens is 222 g/mol. The quantitative estimate of drug-likeness (QED) is 0.755. The maximum absolute atomic E-state index is 5.92. The van der Waals surface area contributed by atoms with Crippen molar-refractivity contribution in [3.05, 3.63) is 35.4 Å². The minimum atomic E-state index is 0.301. The van der Waals surface area contributed by atoms with Crippen LogP contribution in [0.4, 0.5) is 0 Å². The summed E-state index contributed by atoms with van der Waals surface area (Å²) < 4.78 is 5.92. The van der Waals surface area contributed by atoms with Crippen molar-refractivity contribution in [1.82, 2.24) is 5.32 Å². The third-order valence-electron chi connectivity index (χ3n) is 3.17. The molecule has 102 valence electrons. The predicted molar refractivity (Wildman–Crippen MR) is 77.9 cm³/mol. The van der Waals surface area contributed by atoms with E-state index in [-0.39, 0.29) is 0 Å². The Hall–Kier alpha value is -0.860. The summed E-state index contributed by atoms with van der Waals surface area (Å²) in [6.07, 6.45) is 2.66. The molecule has 0 fully saturated rings. The normalized spacial score (nSPS) is 14.4. The van der Waals surface area contributed by atoms with Gasteiger partial charge in [0.25, 0.3) is 0 Å². The van der Waals surface area contributed by atoms with Gasteiger partial charge in [-0.15, -0.1) is 0 Å². The number of likely N-dealkylation sites (N-methyl/N-ethyl adjacent to an activating group) is 1. The number of nitrogens with one attached hydrogen (secondary N) is 1. The Bertz CT molecular complexity index is 320. The highest BCUT2D eigenvalue weighted by atomic mass is 16.5. The summed E-state index contributed by atoms with van der Waals surface area (Å²) in [5, 5.41) is 3.49. The molecule has 0 saturated carbocycles. The second-order valence-electron chi connectivity index (χ2n) is 4.95. The molecular formula is C16H27NO. The summed E-state index contributed by atoms with van der Waals surface area (Å²) in [5.41, 5.74) is 2.61. The van der Waals surface area contributed by atoms with Crippen molar-refractivity contribution >= 4 is 0 Å². The van der Waals surface area contributed by atoms with Gasteiger partial charge in [0.1, 0.15) is 0 Å². The van der Waals surface area contributed by atoms with E-state index in [1.54, 1.807) is 0 Å². The molecule has 0 amide bonds. The molecule has 0 radical (unpaired) electrons. The molecule has 18 heavy (non-hydrogen) atoms. The van der Waals surface area contributed by atoms with Crippen LogP contribution >= 0.6 is 0 Å². The van der Waals surface area contributed by atoms with Crippen LogP contribution in [-0.2, 0) is 4.74 Å². The van der Waals surface area contributed by atoms with Crippen LogP contribution in [-0.4, -0.2) is 19.3 Å². The third-order valence-corrected chi connectivity index (χ3v) is 3.17. The average Bonchev–Trinajstić information content (AvgIpc) is 2.36. The smallest absolute Gasteiger partial charge is 0.0665 e. The molecule has 1 aromatic rings. The Kier molecular flexibility index (Phi) is 6.99. The van der Waals surface area contributed by atoms with Crippen molar-refractivity contribution in [3.8, 4) is 0 Å². The van der Waals surface area contributed by atoms with Crippen LogP contribution in [0.1, 0.15) is 50.8 Å². The third kappa shape index (κ3) is 5.19. The largest absolute Gasteiger partial charge is 0.377 e. The van der Waals surface area contributed by atoms with E-state index >= 15 is 0 Å². The first-order valence-electron chi connectivity index (χ1n) is 7.08. The highest BCUT2D eigenvalue weighted by Gasteiger charge is 2.12. The van der Waals surface area contributed by atoms with Gasteiger partial charge in [-0.25, -0.2) is 0 Å². The van der Waals surface area contributed by atoms with Crippen LogP contribution in [0.3, 0.4) is 0 Å². The Morgan fingerprint density at radius 3 is 2.39 bits per heavy atom. The molecule has 0 spiro atoms. The summed E-state index contributed by atoms with van der Waals surface area (Å²) in [7, 11) is 0. The number of hydrogen-bond acceptors (Lipinski definition) is 2. The molecule has 0 aliphatic carbocycles. The second-order valence-corrected chi connectivity index (χ2v) is 4.95. The van der Waals surface area contributed by atoms with E-state index in [1.807, 2.05) is 0 Å². The molecule has 2 unspecified atom stereocenters. The number of benzene rings is 1. The Morgan fingerprint density at radius 2 is 1.83 bits per heavy atom. The standard InChI is InChI=1S/C16H27NO/c1-5-7-14(4)18-12-16(17-6-2)15-10-8-13(3)9-11-15/h8-11,14,16-17H,5-7,12H2,1-4H3. The zero-order chi connectivity index (χ0) is 13.4. The van der Waals surface area contributed by atoms with Gasteiger partial charge < -0.3 is 10.1 Å². The summed E-state index contributed by atoms with van der Waals surface area (Å²) in [5.74, 6) is 0. The van der Waals surface area contributed by atoms with Gasteiger partial charge in [0.15, 0.2) is 0 Å². The van der Waals surface area contributed by atoms with E-state index in [1.165, 1.54) is 17.5 Å². The fourth-order valence-corrected chi connectivity index (χ4v) is 2.07. The lowest BCUT2D eigenvalue weighted by Gasteiger charge is -2.21. The zero-order valence-corrected chi connectivity index (χ0v) is 12.2. The molecule has 0 aromatic heterocycles. The number of hydrogen-bond donors (Lipinski definition) is 1. The molecule has 2 atom stereocenters. The molecule has 2 heteroatoms. The summed E-state index contributed by atoms with van der Waals surface area (Å²) in [6.45, 7) is 10.3. The fourth-order valence-electron chi connectivity index (χ4n) is 2.07. The molecule has 0 saturated heterocycles. The van der Waals surface area contributed by atoms with Gasteiger partial charge in [-0.3, -0.25) is 0 Å². The SMILES string of the molecule is CCCC(C)OCC(NCC)c1ccc(C)cc1. The number of rotatable bonds is 8. The first-order chi connectivity index (χ1) is 8.67. The Morgan fingerprint density at radius 1 is 1.17 bits per heavy atom. The highest BCUT2D eigenvalue weighted by molar-refractivity contribution is 5.24. The van der Waals surface area contributed by atoms with Crippen molar-refractivity contribution in [2.24, 2.45) is 0 Å². The van der Waals surface area contributed by atoms with Crippen LogP contribution in [0.15, 0.2) is 24.3 Å². The molecule has 1 N–H and O–H groups in total.